The van der Waals surface area contributed by atoms with E-state index in [2.05, 4.69) is 64.6 Å². The van der Waals surface area contributed by atoms with Gasteiger partial charge in [-0.25, -0.2) is 54.3 Å². The van der Waals surface area contributed by atoms with Gasteiger partial charge in [-0.2, -0.15) is 0 Å². The van der Waals surface area contributed by atoms with Gasteiger partial charge in [-0.1, -0.05) is 212 Å². The summed E-state index contributed by atoms with van der Waals surface area (Å²) in [6, 6.07) is 73.9. The Bertz CT molecular complexity index is 7210. The van der Waals surface area contributed by atoms with Crippen molar-refractivity contribution in [1.29, 1.82) is 0 Å². The summed E-state index contributed by atoms with van der Waals surface area (Å²) >= 11 is 0. The molecule has 0 amide bonds. The fourth-order valence-electron chi connectivity index (χ4n) is 18.3. The Morgan fingerprint density at radius 2 is 0.640 bits per heavy atom. The largest absolute Gasteiger partial charge is 0.497 e. The average Bonchev–Trinajstić information content (AvgIpc) is 1.49. The molecule has 0 bridgehead atoms. The highest BCUT2D eigenvalue weighted by molar-refractivity contribution is 6.48. The summed E-state index contributed by atoms with van der Waals surface area (Å²) in [7, 11) is 18.6. The normalized spacial score (nSPS) is 17.6. The molecular formula is C109H99FN18O8. The van der Waals surface area contributed by atoms with Crippen LogP contribution in [0, 0.1) is 19.7 Å². The molecule has 26 nitrogen and oxygen atoms in total. The van der Waals surface area contributed by atoms with E-state index in [9.17, 15) is 28.4 Å². The summed E-state index contributed by atoms with van der Waals surface area (Å²) in [6.07, 6.45) is 0. The third-order valence-electron chi connectivity index (χ3n) is 25.6. The number of hydrogen-bond acceptors (Lipinski definition) is 26. The van der Waals surface area contributed by atoms with Crippen LogP contribution in [-0.4, -0.2) is 271 Å². The number of likely N-dealkylation sites (N-methyl/N-ethyl adjacent to an activating group) is 2. The van der Waals surface area contributed by atoms with Crippen LogP contribution in [0.2, 0.25) is 0 Å². The number of halogens is 1. The molecule has 0 unspecified atom stereocenters. The number of allylic oxidation sites excluding steroid dienone is 10. The molecule has 0 aromatic heterocycles. The van der Waals surface area contributed by atoms with Crippen molar-refractivity contribution < 1.29 is 42.6 Å². The number of aryl methyl sites for hydroxylation is 2. The number of aliphatic imine (C=N–C) groups is 10. The lowest BCUT2D eigenvalue weighted by Crippen LogP contribution is -2.46. The number of hydrogen-bond donors (Lipinski definition) is 0. The van der Waals surface area contributed by atoms with Crippen LogP contribution >= 0.6 is 0 Å². The van der Waals surface area contributed by atoms with Crippen LogP contribution < -0.4 is 14.4 Å². The van der Waals surface area contributed by atoms with Crippen molar-refractivity contribution in [2.75, 3.05) is 154 Å². The molecule has 8 aliphatic heterocycles. The van der Waals surface area contributed by atoms with Gasteiger partial charge in [0, 0.05) is 192 Å². The Labute approximate surface area is 788 Å². The number of morpholine rings is 1. The van der Waals surface area contributed by atoms with Gasteiger partial charge in [0.2, 0.25) is 29.8 Å². The first-order valence-electron chi connectivity index (χ1n) is 45.2. The van der Waals surface area contributed by atoms with E-state index in [-0.39, 0.29) is 40.1 Å². The van der Waals surface area contributed by atoms with Crippen molar-refractivity contribution in [3.05, 3.63) is 365 Å². The van der Waals surface area contributed by atoms with E-state index in [1.807, 2.05) is 266 Å². The Hall–Kier alpha value is -15.8. The lowest BCUT2D eigenvalue weighted by atomic mass is 9.83. The van der Waals surface area contributed by atoms with Gasteiger partial charge in [0.05, 0.1) is 55.3 Å². The van der Waals surface area contributed by atoms with Crippen molar-refractivity contribution in [1.82, 2.24) is 34.3 Å². The van der Waals surface area contributed by atoms with Crippen molar-refractivity contribution in [3.63, 3.8) is 0 Å². The molecule has 13 aliphatic rings. The molecule has 5 aliphatic carbocycles. The van der Waals surface area contributed by atoms with Crippen molar-refractivity contribution in [2.24, 2.45) is 49.9 Å². The van der Waals surface area contributed by atoms with Gasteiger partial charge in [-0.15, -0.1) is 0 Å². The van der Waals surface area contributed by atoms with E-state index in [0.717, 1.165) is 156 Å². The Morgan fingerprint density at radius 3 is 1.04 bits per heavy atom. The van der Waals surface area contributed by atoms with Gasteiger partial charge >= 0.3 is 0 Å². The summed E-state index contributed by atoms with van der Waals surface area (Å²) in [5.41, 5.74) is 23.9. The van der Waals surface area contributed by atoms with Gasteiger partial charge in [-0.3, -0.25) is 24.0 Å². The molecule has 680 valence electrons. The zero-order chi connectivity index (χ0) is 94.4. The van der Waals surface area contributed by atoms with Crippen molar-refractivity contribution >= 4 is 121 Å². The van der Waals surface area contributed by atoms with E-state index < -0.39 is 5.82 Å². The van der Waals surface area contributed by atoms with Gasteiger partial charge in [0.25, 0.3) is 0 Å². The summed E-state index contributed by atoms with van der Waals surface area (Å²) in [4.78, 5) is 131. The highest BCUT2D eigenvalue weighted by atomic mass is 19.1. The number of carbonyl (C=O) groups is 5. The number of nitrogens with zero attached hydrogens (tertiary/aromatic N) is 18. The molecule has 0 atom stereocenters. The Balaban J connectivity index is 0.000000109. The first kappa shape index (κ1) is 89.4. The number of guanidine groups is 5. The summed E-state index contributed by atoms with van der Waals surface area (Å²) in [5, 5.41) is 0. The molecule has 27 heteroatoms. The fraction of sp³-hybridized carbons (Fsp3) is 0.220. The van der Waals surface area contributed by atoms with Gasteiger partial charge in [0.15, 0.2) is 28.9 Å². The molecule has 0 N–H and O–H groups in total. The molecule has 0 saturated carbocycles. The zero-order valence-electron chi connectivity index (χ0n) is 77.7. The minimum Gasteiger partial charge on any atom is -0.497 e. The topological polar surface area (TPSA) is 263 Å². The minimum absolute atomic E-state index is 0.000912. The molecule has 136 heavy (non-hydrogen) atoms. The van der Waals surface area contributed by atoms with E-state index in [1.54, 1.807) is 36.3 Å². The molecule has 10 aromatic carbocycles. The maximum Gasteiger partial charge on any atom is 0.226 e. The predicted octanol–water partition coefficient (Wildman–Crippen LogP) is 15.1. The van der Waals surface area contributed by atoms with Gasteiger partial charge < -0.3 is 53.4 Å². The molecule has 8 heterocycles. The lowest BCUT2D eigenvalue weighted by Gasteiger charge is -2.32. The van der Waals surface area contributed by atoms with Crippen LogP contribution in [0.1, 0.15) is 119 Å². The quantitative estimate of drug-likeness (QED) is 0.137. The maximum absolute atomic E-state index is 14.7. The highest BCUT2D eigenvalue weighted by Gasteiger charge is 2.43. The summed E-state index contributed by atoms with van der Waals surface area (Å²) in [6.45, 7) is 14.6. The zero-order valence-corrected chi connectivity index (χ0v) is 77.7. The average molecular weight is 1810 g/mol. The number of anilines is 1. The van der Waals surface area contributed by atoms with Crippen LogP contribution in [-0.2, 0) is 4.74 Å². The standard InChI is InChI=1S/C23H22N4O2.2C23H22N4O.C20H16FN3O2.C20H17N3O2/c1-26(2)23-24-20-15-7-3-4-8-16(15)22(28)19(21(20)25-23)17-9-5-6-10-18(17)27-11-13-29-14-12-27;1-15-7-3-4-8-16(15)19-21-20(17-9-5-6-10-18(17)22(19)28)24-23(25-21)27-13-11-26(2)12-14-27;1-15-7-9-16(10-8-15)19-21-20(17-5-3-4-6-18(17)22(19)28)24-23(25-21)27-13-11-26(2)12-14-27;1-24(2)20-22-17-12-6-4-5-7-13(12)19(25)16(18(17)23-20)14-9-8-11(26-3)10-15(14)21;1-23(2)20-21-17-12-8-4-5-9-13(12)19(24)16(18(17)22-20)14-10-6-7-11-15(14)25-3/h3-10H,11-14H2,1-2H3;2*3-10H,11-14H2,1-2H3;4-10H,1-3H3;4-11H,1-3H3. The number of ketones is 5. The summed E-state index contributed by atoms with van der Waals surface area (Å²) < 4.78 is 30.8. The molecular weight excluding hydrogens is 1710 g/mol. The number of fused-ring (bicyclic) bond motifs is 15. The monoisotopic (exact) mass is 1810 g/mol. The highest BCUT2D eigenvalue weighted by Crippen LogP contribution is 2.45. The number of para-hydroxylation sites is 2. The number of ether oxygens (including phenoxy) is 3. The predicted molar refractivity (Wildman–Crippen MR) is 535 cm³/mol. The summed E-state index contributed by atoms with van der Waals surface area (Å²) in [5.74, 6) is 3.36. The first-order chi connectivity index (χ1) is 66.0. The number of Topliss-reactive ketones (excluding diaryl/α,β-unsaturated/α-hetero) is 5. The second-order valence-electron chi connectivity index (χ2n) is 35.0. The minimum atomic E-state index is -0.535. The molecule has 23 rings (SSSR count). The van der Waals surface area contributed by atoms with Gasteiger partial charge in [-0.05, 0) is 68.9 Å². The molecule has 0 spiro atoms. The van der Waals surface area contributed by atoms with Crippen LogP contribution in [0.25, 0.3) is 27.9 Å². The third-order valence-corrected chi connectivity index (χ3v) is 25.6. The van der Waals surface area contributed by atoms with Gasteiger partial charge in [0.1, 0.15) is 74.4 Å². The van der Waals surface area contributed by atoms with Crippen LogP contribution in [0.4, 0.5) is 10.1 Å². The molecule has 3 saturated heterocycles. The van der Waals surface area contributed by atoms with E-state index in [4.69, 9.17) is 44.2 Å². The third kappa shape index (κ3) is 16.8. The Kier molecular flexibility index (Phi) is 24.8. The van der Waals surface area contributed by atoms with Crippen LogP contribution in [0.3, 0.4) is 0 Å². The SMILES string of the molecule is CN(C)C1=NC2=C(c3ccccc3N3CCOCC3)C(=O)c3ccccc3C2=N1.COc1ccc(C2=C3N=C(N(C)C)N=C3c3ccccc3C2=O)c(F)c1.COc1ccccc1C1=C2N=C(N(C)C)N=C2c2ccccc2C1=O.Cc1ccc(C2=C3N=C(N4CCN(C)CC4)N=C3c3ccccc3C2=O)cc1.Cc1ccccc1C1=C2N=C(N3CCN(C)CC3)N=C2c2ccccc2C1=O. The molecule has 0 radical (unpaired) electrons. The van der Waals surface area contributed by atoms with Crippen LogP contribution in [0.15, 0.2) is 315 Å². The number of carbonyl (C=O) groups excluding carboxylic acids is 5. The first-order valence-corrected chi connectivity index (χ1v) is 45.2. The second kappa shape index (κ2) is 37.7. The number of methoxy groups -OCH3 is 2. The lowest BCUT2D eigenvalue weighted by molar-refractivity contribution is 0.104. The fourth-order valence-corrected chi connectivity index (χ4v) is 18.3. The van der Waals surface area contributed by atoms with E-state index >= 15 is 0 Å². The number of rotatable bonds is 8. The van der Waals surface area contributed by atoms with E-state index in [1.165, 1.54) is 18.7 Å². The maximum atomic E-state index is 14.7. The number of piperazine rings is 2. The smallest absolute Gasteiger partial charge is 0.226 e. The molecule has 3 fully saturated rings. The Morgan fingerprint density at radius 1 is 0.309 bits per heavy atom. The second-order valence-corrected chi connectivity index (χ2v) is 35.0. The van der Waals surface area contributed by atoms with E-state index in [0.29, 0.717) is 132 Å². The van der Waals surface area contributed by atoms with Crippen molar-refractivity contribution in [3.8, 4) is 11.5 Å². The number of benzene rings is 10. The van der Waals surface area contributed by atoms with Crippen LogP contribution in [0.5, 0.6) is 11.5 Å². The molecule has 10 aromatic rings. The van der Waals surface area contributed by atoms with Crippen molar-refractivity contribution in [2.45, 2.75) is 13.8 Å².